The van der Waals surface area contributed by atoms with Crippen molar-refractivity contribution in [1.29, 1.82) is 0 Å². The number of halogens is 1. The van der Waals surface area contributed by atoms with Crippen LogP contribution in [-0.4, -0.2) is 18.7 Å². The molecule has 0 heterocycles. The molecule has 5 aromatic carbocycles. The van der Waals surface area contributed by atoms with Gasteiger partial charge in [-0.25, -0.2) is 0 Å². The molecule has 5 nitrogen and oxygen atoms in total. The molecule has 0 saturated heterocycles. The van der Waals surface area contributed by atoms with E-state index in [0.717, 1.165) is 39.1 Å². The Kier molecular flexibility index (Phi) is 7.67. The third kappa shape index (κ3) is 6.20. The molecule has 0 bridgehead atoms. The van der Waals surface area contributed by atoms with Crippen LogP contribution >= 0.6 is 11.6 Å². The number of hydrogen-bond donors (Lipinski definition) is 1. The summed E-state index contributed by atoms with van der Waals surface area (Å²) in [7, 11) is 0. The lowest BCUT2D eigenvalue weighted by Gasteiger charge is -2.12. The summed E-state index contributed by atoms with van der Waals surface area (Å²) in [6.45, 7) is 1.75. The second kappa shape index (κ2) is 11.6. The number of aryl methyl sites for hydroxylation is 1. The number of fused-ring (bicyclic) bond motifs is 1. The third-order valence-electron chi connectivity index (χ3n) is 5.90. The topological polar surface area (TPSA) is 59.9 Å². The summed E-state index contributed by atoms with van der Waals surface area (Å²) in [5, 5.41) is 5.44. The first-order valence-corrected chi connectivity index (χ1v) is 12.5. The number of amides is 1. The van der Waals surface area contributed by atoms with Crippen molar-refractivity contribution in [1.82, 2.24) is 0 Å². The summed E-state index contributed by atoms with van der Waals surface area (Å²) in [5.41, 5.74) is 3.12. The summed E-state index contributed by atoms with van der Waals surface area (Å²) in [4.78, 5) is 17.2. The average Bonchev–Trinajstić information content (AvgIpc) is 2.94. The van der Waals surface area contributed by atoms with Crippen molar-refractivity contribution < 1.29 is 14.3 Å². The second-order valence-electron chi connectivity index (χ2n) is 8.67. The first kappa shape index (κ1) is 25.1. The lowest BCUT2D eigenvalue weighted by atomic mass is 10.0. The van der Waals surface area contributed by atoms with Crippen molar-refractivity contribution in [2.24, 2.45) is 4.99 Å². The van der Waals surface area contributed by atoms with Crippen LogP contribution in [0.1, 0.15) is 11.1 Å². The smallest absolute Gasteiger partial charge is 0.262 e. The summed E-state index contributed by atoms with van der Waals surface area (Å²) in [6.07, 6.45) is 1.77. The van der Waals surface area contributed by atoms with E-state index in [1.54, 1.807) is 12.3 Å². The molecule has 6 heteroatoms. The van der Waals surface area contributed by atoms with E-state index < -0.39 is 0 Å². The number of ether oxygens (including phenoxy) is 2. The zero-order valence-electron chi connectivity index (χ0n) is 20.7. The Morgan fingerprint density at radius 3 is 2.39 bits per heavy atom. The minimum Gasteiger partial charge on any atom is -0.483 e. The standard InChI is InChI=1S/C32H25ClN2O3/c1-22-11-13-25(19-30(22)33)35-32(36)21-37-31-18-12-23-7-5-6-10-28(23)29(31)20-34-24-14-16-27(17-15-24)38-26-8-3-2-4-9-26/h2-20H,21H2,1H3,(H,35,36). The molecule has 0 aliphatic heterocycles. The molecule has 1 N–H and O–H groups in total. The van der Waals surface area contributed by atoms with Crippen molar-refractivity contribution in [3.8, 4) is 17.2 Å². The summed E-state index contributed by atoms with van der Waals surface area (Å²) in [5.74, 6) is 1.78. The number of carbonyl (C=O) groups is 1. The molecule has 0 aliphatic rings. The highest BCUT2D eigenvalue weighted by molar-refractivity contribution is 6.31. The van der Waals surface area contributed by atoms with Crippen LogP contribution in [0.25, 0.3) is 10.8 Å². The molecule has 0 fully saturated rings. The van der Waals surface area contributed by atoms with Crippen LogP contribution in [0.3, 0.4) is 0 Å². The molecule has 0 saturated carbocycles. The Balaban J connectivity index is 1.33. The number of carbonyl (C=O) groups excluding carboxylic acids is 1. The molecule has 0 spiro atoms. The van der Waals surface area contributed by atoms with E-state index in [0.29, 0.717) is 16.5 Å². The lowest BCUT2D eigenvalue weighted by molar-refractivity contribution is -0.118. The number of rotatable bonds is 8. The fraction of sp³-hybridized carbons (Fsp3) is 0.0625. The number of para-hydroxylation sites is 1. The predicted molar refractivity (Wildman–Crippen MR) is 154 cm³/mol. The molecular weight excluding hydrogens is 496 g/mol. The molecule has 5 aromatic rings. The van der Waals surface area contributed by atoms with Crippen molar-refractivity contribution >= 4 is 45.9 Å². The average molecular weight is 521 g/mol. The van der Waals surface area contributed by atoms with E-state index in [4.69, 9.17) is 21.1 Å². The molecule has 0 atom stereocenters. The highest BCUT2D eigenvalue weighted by Gasteiger charge is 2.11. The van der Waals surface area contributed by atoms with Crippen molar-refractivity contribution in [3.05, 3.63) is 125 Å². The van der Waals surface area contributed by atoms with Gasteiger partial charge in [-0.05, 0) is 77.9 Å². The van der Waals surface area contributed by atoms with Crippen molar-refractivity contribution in [3.63, 3.8) is 0 Å². The van der Waals surface area contributed by atoms with Crippen LogP contribution in [-0.2, 0) is 4.79 Å². The highest BCUT2D eigenvalue weighted by atomic mass is 35.5. The maximum Gasteiger partial charge on any atom is 0.262 e. The van der Waals surface area contributed by atoms with E-state index in [9.17, 15) is 4.79 Å². The van der Waals surface area contributed by atoms with Gasteiger partial charge in [-0.2, -0.15) is 0 Å². The Labute approximate surface area is 226 Å². The number of aliphatic imine (C=N–C) groups is 1. The zero-order valence-corrected chi connectivity index (χ0v) is 21.5. The van der Waals surface area contributed by atoms with Gasteiger partial charge in [0.25, 0.3) is 5.91 Å². The number of nitrogens with one attached hydrogen (secondary N) is 1. The molecule has 0 radical (unpaired) electrons. The Morgan fingerprint density at radius 1 is 0.868 bits per heavy atom. The molecule has 0 aromatic heterocycles. The van der Waals surface area contributed by atoms with Gasteiger partial charge in [0, 0.05) is 22.5 Å². The van der Waals surface area contributed by atoms with Crippen LogP contribution in [0.4, 0.5) is 11.4 Å². The summed E-state index contributed by atoms with van der Waals surface area (Å²) in [6, 6.07) is 34.4. The van der Waals surface area contributed by atoms with Gasteiger partial charge in [-0.1, -0.05) is 66.2 Å². The van der Waals surface area contributed by atoms with Gasteiger partial charge in [0.15, 0.2) is 6.61 Å². The Hall–Kier alpha value is -4.61. The van der Waals surface area contributed by atoms with Gasteiger partial charge in [0.1, 0.15) is 17.2 Å². The summed E-state index contributed by atoms with van der Waals surface area (Å²) < 4.78 is 11.8. The van der Waals surface area contributed by atoms with E-state index >= 15 is 0 Å². The van der Waals surface area contributed by atoms with Crippen LogP contribution in [0.15, 0.2) is 114 Å². The maximum absolute atomic E-state index is 12.6. The molecular formula is C32H25ClN2O3. The first-order valence-electron chi connectivity index (χ1n) is 12.1. The summed E-state index contributed by atoms with van der Waals surface area (Å²) >= 11 is 6.17. The molecule has 0 aliphatic carbocycles. The largest absolute Gasteiger partial charge is 0.483 e. The SMILES string of the molecule is Cc1ccc(NC(=O)COc2ccc3ccccc3c2C=Nc2ccc(Oc3ccccc3)cc2)cc1Cl. The molecule has 1 amide bonds. The Bertz CT molecular complexity index is 1600. The van der Waals surface area contributed by atoms with Gasteiger partial charge >= 0.3 is 0 Å². The van der Waals surface area contributed by atoms with E-state index in [1.165, 1.54) is 0 Å². The van der Waals surface area contributed by atoms with Gasteiger partial charge in [-0.15, -0.1) is 0 Å². The van der Waals surface area contributed by atoms with Crippen LogP contribution < -0.4 is 14.8 Å². The van der Waals surface area contributed by atoms with Gasteiger partial charge in [-0.3, -0.25) is 9.79 Å². The van der Waals surface area contributed by atoms with Gasteiger partial charge in [0.2, 0.25) is 0 Å². The van der Waals surface area contributed by atoms with Crippen molar-refractivity contribution in [2.75, 3.05) is 11.9 Å². The number of nitrogens with zero attached hydrogens (tertiary/aromatic N) is 1. The predicted octanol–water partition coefficient (Wildman–Crippen LogP) is 8.36. The van der Waals surface area contributed by atoms with E-state index in [2.05, 4.69) is 10.3 Å². The quantitative estimate of drug-likeness (QED) is 0.209. The fourth-order valence-electron chi connectivity index (χ4n) is 3.91. The highest BCUT2D eigenvalue weighted by Crippen LogP contribution is 2.29. The zero-order chi connectivity index (χ0) is 26.3. The number of benzene rings is 5. The maximum atomic E-state index is 12.6. The monoisotopic (exact) mass is 520 g/mol. The minimum atomic E-state index is -0.282. The molecule has 0 unspecified atom stereocenters. The molecule has 5 rings (SSSR count). The number of hydrogen-bond acceptors (Lipinski definition) is 4. The number of anilines is 1. The lowest BCUT2D eigenvalue weighted by Crippen LogP contribution is -2.20. The van der Waals surface area contributed by atoms with Crippen LogP contribution in [0, 0.1) is 6.92 Å². The Morgan fingerprint density at radius 2 is 1.61 bits per heavy atom. The second-order valence-corrected chi connectivity index (χ2v) is 9.07. The van der Waals surface area contributed by atoms with Crippen molar-refractivity contribution in [2.45, 2.75) is 6.92 Å². The fourth-order valence-corrected chi connectivity index (χ4v) is 4.09. The molecule has 38 heavy (non-hydrogen) atoms. The van der Waals surface area contributed by atoms with Gasteiger partial charge < -0.3 is 14.8 Å². The first-order chi connectivity index (χ1) is 18.5. The van der Waals surface area contributed by atoms with E-state index in [1.807, 2.05) is 110 Å². The third-order valence-corrected chi connectivity index (χ3v) is 6.31. The van der Waals surface area contributed by atoms with Crippen LogP contribution in [0.2, 0.25) is 5.02 Å². The van der Waals surface area contributed by atoms with Gasteiger partial charge in [0.05, 0.1) is 5.69 Å². The normalized spacial score (nSPS) is 11.0. The minimum absolute atomic E-state index is 0.157. The van der Waals surface area contributed by atoms with Crippen LogP contribution in [0.5, 0.6) is 17.2 Å². The van der Waals surface area contributed by atoms with E-state index in [-0.39, 0.29) is 12.5 Å². The molecule has 188 valence electrons.